The minimum Gasteiger partial charge on any atom is -0.468 e. The van der Waals surface area contributed by atoms with E-state index in [1.807, 2.05) is 6.92 Å². The quantitative estimate of drug-likeness (QED) is 0.608. The Kier molecular flexibility index (Phi) is 4.58. The molecule has 0 spiro atoms. The second-order valence-corrected chi connectivity index (χ2v) is 6.67. The van der Waals surface area contributed by atoms with Gasteiger partial charge in [-0.1, -0.05) is 11.8 Å². The van der Waals surface area contributed by atoms with Crippen LogP contribution in [0.1, 0.15) is 26.2 Å². The fourth-order valence-corrected chi connectivity index (χ4v) is 3.38. The highest BCUT2D eigenvalue weighted by Gasteiger charge is 2.38. The first-order valence-electron chi connectivity index (χ1n) is 5.89. The molecule has 7 heteroatoms. The number of thioether (sulfide) groups is 1. The van der Waals surface area contributed by atoms with Crippen molar-refractivity contribution in [2.24, 2.45) is 0 Å². The molecular weight excluding hydrogens is 270 g/mol. The van der Waals surface area contributed by atoms with Gasteiger partial charge in [-0.25, -0.2) is 4.98 Å². The maximum Gasteiger partial charge on any atom is 0.325 e. The molecule has 0 saturated heterocycles. The minimum absolute atomic E-state index is 0.188. The molecule has 1 aromatic rings. The second-order valence-electron chi connectivity index (χ2n) is 4.55. The topological polar surface area (TPSA) is 64.1 Å². The number of ether oxygens (including phenoxy) is 1. The molecule has 2 rings (SSSR count). The van der Waals surface area contributed by atoms with Crippen molar-refractivity contribution in [3.05, 3.63) is 6.33 Å². The molecule has 0 bridgehead atoms. The maximum absolute atomic E-state index is 11.9. The number of nitrogens with zero attached hydrogens (tertiary/aromatic N) is 2. The summed E-state index contributed by atoms with van der Waals surface area (Å²) in [4.78, 5) is 16.0. The van der Waals surface area contributed by atoms with E-state index in [1.165, 1.54) is 18.6 Å². The van der Waals surface area contributed by atoms with Gasteiger partial charge in [-0.15, -0.1) is 0 Å². The molecule has 100 valence electrons. The zero-order chi connectivity index (χ0) is 13.0. The van der Waals surface area contributed by atoms with Gasteiger partial charge in [0, 0.05) is 11.8 Å². The van der Waals surface area contributed by atoms with Crippen molar-refractivity contribution in [2.75, 3.05) is 12.9 Å². The maximum atomic E-state index is 11.9. The monoisotopic (exact) mass is 287 g/mol. The molecular formula is C11H17N3O2S2. The van der Waals surface area contributed by atoms with Crippen molar-refractivity contribution in [1.82, 2.24) is 14.7 Å². The Balaban J connectivity index is 1.85. The number of rotatable bonds is 7. The van der Waals surface area contributed by atoms with Crippen LogP contribution in [0.15, 0.2) is 10.7 Å². The number of methoxy groups -OCH3 is 1. The molecule has 5 nitrogen and oxygen atoms in total. The summed E-state index contributed by atoms with van der Waals surface area (Å²) in [5.74, 6) is 0.632. The zero-order valence-corrected chi connectivity index (χ0v) is 12.1. The first kappa shape index (κ1) is 13.8. The van der Waals surface area contributed by atoms with Crippen LogP contribution in [-0.2, 0) is 9.53 Å². The number of hydrogen-bond donors (Lipinski definition) is 1. The Morgan fingerprint density at radius 1 is 1.72 bits per heavy atom. The van der Waals surface area contributed by atoms with Gasteiger partial charge in [0.2, 0.25) is 0 Å². The van der Waals surface area contributed by atoms with Crippen LogP contribution < -0.4 is 5.32 Å². The number of aromatic nitrogens is 2. The molecule has 0 aliphatic heterocycles. The lowest BCUT2D eigenvalue weighted by Gasteiger charge is -2.27. The zero-order valence-electron chi connectivity index (χ0n) is 10.5. The highest BCUT2D eigenvalue weighted by molar-refractivity contribution is 8.00. The lowest BCUT2D eigenvalue weighted by molar-refractivity contribution is -0.148. The summed E-state index contributed by atoms with van der Waals surface area (Å²) in [6, 6.07) is 0.473. The second kappa shape index (κ2) is 5.99. The molecule has 1 aromatic heterocycles. The summed E-state index contributed by atoms with van der Waals surface area (Å²) in [5, 5.41) is 3.38. The van der Waals surface area contributed by atoms with E-state index >= 15 is 0 Å². The Labute approximate surface area is 115 Å². The van der Waals surface area contributed by atoms with Crippen molar-refractivity contribution >= 4 is 29.3 Å². The third-order valence-electron chi connectivity index (χ3n) is 2.90. The number of esters is 1. The lowest BCUT2D eigenvalue weighted by Crippen LogP contribution is -2.51. The summed E-state index contributed by atoms with van der Waals surface area (Å²) < 4.78 is 9.78. The predicted octanol–water partition coefficient (Wildman–Crippen LogP) is 1.70. The molecule has 0 radical (unpaired) electrons. The van der Waals surface area contributed by atoms with E-state index in [4.69, 9.17) is 4.74 Å². The summed E-state index contributed by atoms with van der Waals surface area (Å²) in [6.07, 6.45) is 4.57. The summed E-state index contributed by atoms with van der Waals surface area (Å²) in [6.45, 7) is 1.91. The molecule has 18 heavy (non-hydrogen) atoms. The van der Waals surface area contributed by atoms with Crippen molar-refractivity contribution < 1.29 is 9.53 Å². The molecule has 1 unspecified atom stereocenters. The van der Waals surface area contributed by atoms with Gasteiger partial charge < -0.3 is 4.74 Å². The third-order valence-corrected chi connectivity index (χ3v) is 4.70. The van der Waals surface area contributed by atoms with Crippen LogP contribution in [0.2, 0.25) is 0 Å². The molecule has 1 saturated carbocycles. The van der Waals surface area contributed by atoms with Gasteiger partial charge in [-0.05, 0) is 37.7 Å². The smallest absolute Gasteiger partial charge is 0.325 e. The summed E-state index contributed by atoms with van der Waals surface area (Å²) in [5.41, 5.74) is -0.590. The van der Waals surface area contributed by atoms with Crippen molar-refractivity contribution in [2.45, 2.75) is 42.1 Å². The Bertz CT molecular complexity index is 395. The van der Waals surface area contributed by atoms with Crippen LogP contribution in [0.25, 0.3) is 0 Å². The van der Waals surface area contributed by atoms with E-state index in [2.05, 4.69) is 14.7 Å². The van der Waals surface area contributed by atoms with Crippen LogP contribution in [0.3, 0.4) is 0 Å². The fourth-order valence-electron chi connectivity index (χ4n) is 1.71. The molecule has 0 amide bonds. The van der Waals surface area contributed by atoms with Gasteiger partial charge in [0.1, 0.15) is 11.9 Å². The average Bonchev–Trinajstić information content (AvgIpc) is 3.01. The van der Waals surface area contributed by atoms with Gasteiger partial charge in [0.15, 0.2) is 4.34 Å². The van der Waals surface area contributed by atoms with E-state index < -0.39 is 5.54 Å². The summed E-state index contributed by atoms with van der Waals surface area (Å²) >= 11 is 3.01. The SMILES string of the molecule is COC(=O)C(C)(CCSc1ncns1)NC1CC1. The van der Waals surface area contributed by atoms with Gasteiger partial charge in [0.25, 0.3) is 0 Å². The number of hydrogen-bond acceptors (Lipinski definition) is 7. The van der Waals surface area contributed by atoms with E-state index in [0.717, 1.165) is 29.4 Å². The largest absolute Gasteiger partial charge is 0.468 e. The Morgan fingerprint density at radius 3 is 3.06 bits per heavy atom. The molecule has 1 atom stereocenters. The minimum atomic E-state index is -0.590. The van der Waals surface area contributed by atoms with Crippen LogP contribution in [0.5, 0.6) is 0 Å². The average molecular weight is 287 g/mol. The predicted molar refractivity (Wildman–Crippen MR) is 71.8 cm³/mol. The standard InChI is InChI=1S/C11H17N3O2S2/c1-11(9(15)16-2,14-8-3-4-8)5-6-17-10-12-7-13-18-10/h7-8,14H,3-6H2,1-2H3. The van der Waals surface area contributed by atoms with Gasteiger partial charge in [-0.3, -0.25) is 10.1 Å². The first-order chi connectivity index (χ1) is 8.64. The van der Waals surface area contributed by atoms with Crippen LogP contribution in [-0.4, -0.2) is 39.8 Å². The molecule has 0 aromatic carbocycles. The lowest BCUT2D eigenvalue weighted by atomic mass is 9.99. The van der Waals surface area contributed by atoms with E-state index in [9.17, 15) is 4.79 Å². The van der Waals surface area contributed by atoms with Crippen LogP contribution >= 0.6 is 23.3 Å². The van der Waals surface area contributed by atoms with E-state index in [1.54, 1.807) is 18.1 Å². The van der Waals surface area contributed by atoms with Crippen molar-refractivity contribution in [3.63, 3.8) is 0 Å². The summed E-state index contributed by atoms with van der Waals surface area (Å²) in [7, 11) is 1.44. The fraction of sp³-hybridized carbons (Fsp3) is 0.727. The van der Waals surface area contributed by atoms with Crippen molar-refractivity contribution in [1.29, 1.82) is 0 Å². The van der Waals surface area contributed by atoms with E-state index in [-0.39, 0.29) is 5.97 Å². The van der Waals surface area contributed by atoms with Gasteiger partial charge >= 0.3 is 5.97 Å². The normalized spacial score (nSPS) is 18.3. The van der Waals surface area contributed by atoms with E-state index in [0.29, 0.717) is 6.04 Å². The molecule has 1 N–H and O–H groups in total. The molecule has 1 aliphatic carbocycles. The third kappa shape index (κ3) is 3.66. The number of carbonyl (C=O) groups excluding carboxylic acids is 1. The highest BCUT2D eigenvalue weighted by atomic mass is 32.2. The van der Waals surface area contributed by atoms with Crippen LogP contribution in [0.4, 0.5) is 0 Å². The first-order valence-corrected chi connectivity index (χ1v) is 7.65. The molecule has 1 fully saturated rings. The molecule has 1 aliphatic rings. The van der Waals surface area contributed by atoms with Crippen molar-refractivity contribution in [3.8, 4) is 0 Å². The van der Waals surface area contributed by atoms with Gasteiger partial charge in [-0.2, -0.15) is 4.37 Å². The van der Waals surface area contributed by atoms with Gasteiger partial charge in [0.05, 0.1) is 7.11 Å². The molecule has 1 heterocycles. The Morgan fingerprint density at radius 2 is 2.50 bits per heavy atom. The Hall–Kier alpha value is -0.660. The number of carbonyl (C=O) groups is 1. The highest BCUT2D eigenvalue weighted by Crippen LogP contribution is 2.27. The van der Waals surface area contributed by atoms with Crippen LogP contribution in [0, 0.1) is 0 Å². The number of nitrogens with one attached hydrogen (secondary N) is 1.